The van der Waals surface area contributed by atoms with Crippen molar-refractivity contribution < 1.29 is 9.18 Å². The molecule has 0 radical (unpaired) electrons. The maximum atomic E-state index is 13.0. The summed E-state index contributed by atoms with van der Waals surface area (Å²) in [4.78, 5) is 16.4. The molecule has 0 bridgehead atoms. The molecule has 120 valence electrons. The van der Waals surface area contributed by atoms with Gasteiger partial charge < -0.3 is 5.32 Å². The van der Waals surface area contributed by atoms with E-state index in [1.54, 1.807) is 23.0 Å². The Morgan fingerprint density at radius 1 is 1.26 bits per heavy atom. The van der Waals surface area contributed by atoms with Crippen LogP contribution >= 0.6 is 0 Å². The van der Waals surface area contributed by atoms with Gasteiger partial charge in [0.1, 0.15) is 11.5 Å². The van der Waals surface area contributed by atoms with Crippen molar-refractivity contribution in [2.45, 2.75) is 32.1 Å². The van der Waals surface area contributed by atoms with Crippen molar-refractivity contribution in [2.75, 3.05) is 6.54 Å². The maximum Gasteiger partial charge on any atom is 0.269 e. The summed E-state index contributed by atoms with van der Waals surface area (Å²) < 4.78 is 14.7. The van der Waals surface area contributed by atoms with Crippen LogP contribution in [0.2, 0.25) is 0 Å². The zero-order valence-corrected chi connectivity index (χ0v) is 13.0. The minimum absolute atomic E-state index is 0.164. The standard InChI is InChI=1S/C18H20FN3O/c19-15-6-8-16(9-7-15)22-13-20-12-17(22)18(23)21-11-10-14-4-2-1-3-5-14/h4,6-9,12-13H,1-3,5,10-11H2,(H,21,23). The van der Waals surface area contributed by atoms with Crippen LogP contribution < -0.4 is 5.32 Å². The van der Waals surface area contributed by atoms with E-state index < -0.39 is 0 Å². The highest BCUT2D eigenvalue weighted by Crippen LogP contribution is 2.19. The van der Waals surface area contributed by atoms with E-state index >= 15 is 0 Å². The van der Waals surface area contributed by atoms with E-state index in [2.05, 4.69) is 16.4 Å². The van der Waals surface area contributed by atoms with Crippen molar-refractivity contribution in [3.63, 3.8) is 0 Å². The second-order valence-electron chi connectivity index (χ2n) is 5.74. The van der Waals surface area contributed by atoms with Gasteiger partial charge in [0.15, 0.2) is 0 Å². The molecule has 1 heterocycles. The molecule has 1 aliphatic rings. The molecule has 0 saturated heterocycles. The van der Waals surface area contributed by atoms with Gasteiger partial charge in [0, 0.05) is 12.2 Å². The summed E-state index contributed by atoms with van der Waals surface area (Å²) in [7, 11) is 0. The molecule has 4 nitrogen and oxygen atoms in total. The molecule has 0 atom stereocenters. The van der Waals surface area contributed by atoms with Crippen LogP contribution in [0.25, 0.3) is 5.69 Å². The number of amides is 1. The molecule has 5 heteroatoms. The quantitative estimate of drug-likeness (QED) is 0.857. The first-order chi connectivity index (χ1) is 11.2. The summed E-state index contributed by atoms with van der Waals surface area (Å²) in [6.07, 6.45) is 11.1. The lowest BCUT2D eigenvalue weighted by molar-refractivity contribution is 0.0947. The molecule has 0 saturated carbocycles. The van der Waals surface area contributed by atoms with Crippen molar-refractivity contribution >= 4 is 5.91 Å². The highest BCUT2D eigenvalue weighted by Gasteiger charge is 2.13. The van der Waals surface area contributed by atoms with Gasteiger partial charge in [-0.3, -0.25) is 9.36 Å². The van der Waals surface area contributed by atoms with Gasteiger partial charge in [0.25, 0.3) is 5.91 Å². The first-order valence-electron chi connectivity index (χ1n) is 7.98. The molecule has 1 aliphatic carbocycles. The Morgan fingerprint density at radius 2 is 2.09 bits per heavy atom. The van der Waals surface area contributed by atoms with E-state index in [-0.39, 0.29) is 11.7 Å². The Morgan fingerprint density at radius 3 is 2.83 bits per heavy atom. The van der Waals surface area contributed by atoms with Gasteiger partial charge >= 0.3 is 0 Å². The molecule has 2 aromatic rings. The molecule has 1 N–H and O–H groups in total. The van der Waals surface area contributed by atoms with E-state index in [4.69, 9.17) is 0 Å². The fourth-order valence-corrected chi connectivity index (χ4v) is 2.83. The first-order valence-corrected chi connectivity index (χ1v) is 7.98. The van der Waals surface area contributed by atoms with Crippen molar-refractivity contribution in [3.05, 3.63) is 59.9 Å². The van der Waals surface area contributed by atoms with Gasteiger partial charge in [-0.2, -0.15) is 0 Å². The Hall–Kier alpha value is -2.43. The Bertz CT molecular complexity index is 703. The predicted octanol–water partition coefficient (Wildman–Crippen LogP) is 3.63. The topological polar surface area (TPSA) is 46.9 Å². The molecule has 0 unspecified atom stereocenters. The molecule has 23 heavy (non-hydrogen) atoms. The molecular formula is C18H20FN3O. The highest BCUT2D eigenvalue weighted by atomic mass is 19.1. The lowest BCUT2D eigenvalue weighted by atomic mass is 9.97. The zero-order chi connectivity index (χ0) is 16.1. The number of allylic oxidation sites excluding steroid dienone is 1. The average Bonchev–Trinajstić information content (AvgIpc) is 3.06. The van der Waals surface area contributed by atoms with Crippen LogP contribution in [0, 0.1) is 5.82 Å². The molecular weight excluding hydrogens is 293 g/mol. The van der Waals surface area contributed by atoms with Crippen LogP contribution in [0.15, 0.2) is 48.4 Å². The van der Waals surface area contributed by atoms with Gasteiger partial charge in [0.2, 0.25) is 0 Å². The minimum atomic E-state index is -0.305. The second kappa shape index (κ2) is 7.22. The smallest absolute Gasteiger partial charge is 0.269 e. The Kier molecular flexibility index (Phi) is 4.86. The number of rotatable bonds is 5. The molecule has 1 amide bonds. The van der Waals surface area contributed by atoms with Crippen LogP contribution in [-0.4, -0.2) is 22.0 Å². The number of hydrogen-bond donors (Lipinski definition) is 1. The normalized spacial score (nSPS) is 14.4. The number of hydrogen-bond acceptors (Lipinski definition) is 2. The third kappa shape index (κ3) is 3.86. The Balaban J connectivity index is 1.63. The Labute approximate surface area is 135 Å². The highest BCUT2D eigenvalue weighted by molar-refractivity contribution is 5.93. The van der Waals surface area contributed by atoms with Gasteiger partial charge in [0.05, 0.1) is 12.5 Å². The summed E-state index contributed by atoms with van der Waals surface area (Å²) >= 11 is 0. The third-order valence-corrected chi connectivity index (χ3v) is 4.09. The van der Waals surface area contributed by atoms with E-state index in [1.165, 1.54) is 36.7 Å². The lowest BCUT2D eigenvalue weighted by Gasteiger charge is -2.13. The van der Waals surface area contributed by atoms with Crippen molar-refractivity contribution in [2.24, 2.45) is 0 Å². The van der Waals surface area contributed by atoms with Crippen LogP contribution in [0.5, 0.6) is 0 Å². The number of carbonyl (C=O) groups excluding carboxylic acids is 1. The van der Waals surface area contributed by atoms with Crippen LogP contribution in [0.1, 0.15) is 42.6 Å². The number of carbonyl (C=O) groups is 1. The largest absolute Gasteiger partial charge is 0.350 e. The van der Waals surface area contributed by atoms with Crippen LogP contribution in [0.3, 0.4) is 0 Å². The summed E-state index contributed by atoms with van der Waals surface area (Å²) in [5.41, 5.74) is 2.60. The lowest BCUT2D eigenvalue weighted by Crippen LogP contribution is -2.26. The molecule has 1 aromatic heterocycles. The van der Waals surface area contributed by atoms with E-state index in [1.807, 2.05) is 0 Å². The third-order valence-electron chi connectivity index (χ3n) is 4.09. The molecule has 0 aliphatic heterocycles. The van der Waals surface area contributed by atoms with Gasteiger partial charge in [-0.1, -0.05) is 11.6 Å². The summed E-state index contributed by atoms with van der Waals surface area (Å²) in [6, 6.07) is 5.99. The number of nitrogens with one attached hydrogen (secondary N) is 1. The van der Waals surface area contributed by atoms with E-state index in [9.17, 15) is 9.18 Å². The van der Waals surface area contributed by atoms with Crippen molar-refractivity contribution in [3.8, 4) is 5.69 Å². The van der Waals surface area contributed by atoms with Crippen molar-refractivity contribution in [1.29, 1.82) is 0 Å². The van der Waals surface area contributed by atoms with Crippen molar-refractivity contribution in [1.82, 2.24) is 14.9 Å². The number of halogens is 1. The minimum Gasteiger partial charge on any atom is -0.350 e. The molecule has 3 rings (SSSR count). The molecule has 0 spiro atoms. The number of imidazole rings is 1. The summed E-state index contributed by atoms with van der Waals surface area (Å²) in [5, 5.41) is 2.94. The van der Waals surface area contributed by atoms with Crippen LogP contribution in [-0.2, 0) is 0 Å². The van der Waals surface area contributed by atoms with E-state index in [0.29, 0.717) is 17.9 Å². The summed E-state index contributed by atoms with van der Waals surface area (Å²) in [5.74, 6) is -0.469. The summed E-state index contributed by atoms with van der Waals surface area (Å²) in [6.45, 7) is 0.624. The first kappa shape index (κ1) is 15.5. The maximum absolute atomic E-state index is 13.0. The van der Waals surface area contributed by atoms with Gasteiger partial charge in [-0.15, -0.1) is 0 Å². The van der Waals surface area contributed by atoms with E-state index in [0.717, 1.165) is 19.3 Å². The zero-order valence-electron chi connectivity index (χ0n) is 13.0. The number of aromatic nitrogens is 2. The fraction of sp³-hybridized carbons (Fsp3) is 0.333. The van der Waals surface area contributed by atoms with Gasteiger partial charge in [-0.05, 0) is 56.4 Å². The van der Waals surface area contributed by atoms with Crippen LogP contribution in [0.4, 0.5) is 4.39 Å². The molecule has 1 aromatic carbocycles. The fourth-order valence-electron chi connectivity index (χ4n) is 2.83. The number of nitrogens with zero attached hydrogens (tertiary/aromatic N) is 2. The van der Waals surface area contributed by atoms with Gasteiger partial charge in [-0.25, -0.2) is 9.37 Å². The SMILES string of the molecule is O=C(NCCC1=CCCCC1)c1cncn1-c1ccc(F)cc1. The predicted molar refractivity (Wildman–Crippen MR) is 87.0 cm³/mol. The monoisotopic (exact) mass is 313 g/mol. The second-order valence-corrected chi connectivity index (χ2v) is 5.74. The number of benzene rings is 1. The average molecular weight is 313 g/mol. The molecule has 0 fully saturated rings.